The van der Waals surface area contributed by atoms with E-state index in [4.69, 9.17) is 0 Å². The molecule has 202 valence electrons. The highest BCUT2D eigenvalue weighted by molar-refractivity contribution is 5.98. The van der Waals surface area contributed by atoms with Gasteiger partial charge in [0.2, 0.25) is 5.43 Å². The van der Waals surface area contributed by atoms with Gasteiger partial charge in [-0.05, 0) is 32.9 Å². The molecular weight excluding hydrogens is 520 g/mol. The number of benzene rings is 1. The molecule has 4 rings (SSSR count). The number of amides is 3. The molecule has 8 nitrogen and oxygen atoms in total. The third-order valence-electron chi connectivity index (χ3n) is 5.75. The number of nitrogens with one attached hydrogen (secondary N) is 2. The van der Waals surface area contributed by atoms with E-state index in [1.807, 2.05) is 0 Å². The molecule has 0 bridgehead atoms. The summed E-state index contributed by atoms with van der Waals surface area (Å²) in [6.45, 7) is 4.10. The Labute approximate surface area is 211 Å². The lowest BCUT2D eigenvalue weighted by Gasteiger charge is -2.27. The van der Waals surface area contributed by atoms with Gasteiger partial charge in [-0.1, -0.05) is 0 Å². The van der Waals surface area contributed by atoms with Gasteiger partial charge in [0.05, 0.1) is 11.8 Å². The topological polar surface area (TPSA) is 96.3 Å². The number of aromatic nitrogens is 2. The second kappa shape index (κ2) is 9.33. The summed E-state index contributed by atoms with van der Waals surface area (Å²) >= 11 is 0. The van der Waals surface area contributed by atoms with E-state index in [1.165, 1.54) is 17.0 Å². The number of carbonyl (C=O) groups excluding carboxylic acids is 2. The summed E-state index contributed by atoms with van der Waals surface area (Å²) in [5.41, 5.74) is -4.84. The zero-order valence-corrected chi connectivity index (χ0v) is 20.2. The monoisotopic (exact) mass is 541 g/mol. The Morgan fingerprint density at radius 3 is 2.32 bits per heavy atom. The lowest BCUT2D eigenvalue weighted by molar-refractivity contribution is -0.146. The molecule has 2 N–H and O–H groups in total. The molecule has 1 atom stereocenters. The van der Waals surface area contributed by atoms with Crippen LogP contribution in [0.1, 0.15) is 37.6 Å². The fraction of sp³-hybridized carbons (Fsp3) is 0.333. The van der Waals surface area contributed by atoms with Gasteiger partial charge in [-0.15, -0.1) is 0 Å². The first-order valence-electron chi connectivity index (χ1n) is 11.2. The lowest BCUT2D eigenvalue weighted by Crippen LogP contribution is -2.47. The van der Waals surface area contributed by atoms with E-state index in [1.54, 1.807) is 6.92 Å². The van der Waals surface area contributed by atoms with E-state index in [0.29, 0.717) is 22.9 Å². The fourth-order valence-electron chi connectivity index (χ4n) is 4.25. The Morgan fingerprint density at radius 1 is 1.13 bits per heavy atom. The van der Waals surface area contributed by atoms with Gasteiger partial charge < -0.3 is 10.6 Å². The van der Waals surface area contributed by atoms with Crippen molar-refractivity contribution in [1.82, 2.24) is 20.2 Å². The van der Waals surface area contributed by atoms with Crippen LogP contribution < -0.4 is 21.0 Å². The summed E-state index contributed by atoms with van der Waals surface area (Å²) in [7, 11) is 0. The number of alkyl halides is 3. The Hall–Kier alpha value is -4.10. The number of hydrogen-bond donors (Lipinski definition) is 2. The summed E-state index contributed by atoms with van der Waals surface area (Å²) in [4.78, 5) is 43.9. The van der Waals surface area contributed by atoms with Crippen molar-refractivity contribution >= 4 is 28.8 Å². The molecule has 38 heavy (non-hydrogen) atoms. The van der Waals surface area contributed by atoms with E-state index in [-0.39, 0.29) is 29.4 Å². The summed E-state index contributed by atoms with van der Waals surface area (Å²) in [5.74, 6) is -5.28. The molecule has 0 radical (unpaired) electrons. The van der Waals surface area contributed by atoms with Crippen LogP contribution in [-0.2, 0) is 0 Å². The van der Waals surface area contributed by atoms with Gasteiger partial charge in [0.1, 0.15) is 22.9 Å². The molecule has 1 aliphatic rings. The number of pyridine rings is 2. The highest BCUT2D eigenvalue weighted by atomic mass is 19.4. The smallest absolute Gasteiger partial charge is 0.347 e. The van der Waals surface area contributed by atoms with Crippen molar-refractivity contribution in [2.75, 3.05) is 11.4 Å². The van der Waals surface area contributed by atoms with Crippen molar-refractivity contribution in [1.29, 1.82) is 0 Å². The molecule has 0 spiro atoms. The van der Waals surface area contributed by atoms with Gasteiger partial charge in [0, 0.05) is 36.5 Å². The van der Waals surface area contributed by atoms with Gasteiger partial charge >= 0.3 is 12.2 Å². The number of halogens is 6. The van der Waals surface area contributed by atoms with E-state index in [2.05, 4.69) is 15.6 Å². The normalized spacial score (nSPS) is 16.2. The van der Waals surface area contributed by atoms with Crippen LogP contribution in [0.5, 0.6) is 0 Å². The molecule has 1 saturated heterocycles. The standard InChI is InChI=1S/C24H21F6N5O3/c1-11-8-34(22(38)31-11)17-5-4-13-19(36)14(21(37)33-23(2,3)10-24(28,29)30)9-35(20(13)32-17)18-15(26)6-12(25)7-16(18)27/h4-7,9,11H,8,10H2,1-3H3,(H,31,38)(H,33,37)/t11-/m1/s1. The Bertz CT molecular complexity index is 1490. The van der Waals surface area contributed by atoms with Gasteiger partial charge in [0.15, 0.2) is 17.3 Å². The number of rotatable bonds is 5. The zero-order chi connectivity index (χ0) is 28.2. The Balaban J connectivity index is 1.93. The van der Waals surface area contributed by atoms with Crippen molar-refractivity contribution < 1.29 is 35.9 Å². The summed E-state index contributed by atoms with van der Waals surface area (Å²) in [6, 6.07) is 2.42. The molecule has 3 aromatic rings. The first kappa shape index (κ1) is 26.9. The predicted octanol–water partition coefficient (Wildman–Crippen LogP) is 4.18. The number of carbonyl (C=O) groups is 2. The maximum absolute atomic E-state index is 14.8. The minimum atomic E-state index is -4.64. The SMILES string of the molecule is C[C@@H]1CN(c2ccc3c(=O)c(C(=O)NC(C)(C)CC(F)(F)F)cn(-c4c(F)cc(F)cc4F)c3n2)C(=O)N1. The van der Waals surface area contributed by atoms with E-state index >= 15 is 0 Å². The van der Waals surface area contributed by atoms with Crippen molar-refractivity contribution in [3.05, 3.63) is 63.7 Å². The Kier molecular flexibility index (Phi) is 6.62. The van der Waals surface area contributed by atoms with Crippen LogP contribution in [0, 0.1) is 17.5 Å². The second-order valence-corrected chi connectivity index (χ2v) is 9.59. The van der Waals surface area contributed by atoms with Crippen molar-refractivity contribution in [3.63, 3.8) is 0 Å². The van der Waals surface area contributed by atoms with Crippen LogP contribution in [0.15, 0.2) is 35.3 Å². The van der Waals surface area contributed by atoms with Gasteiger partial charge in [-0.25, -0.2) is 22.9 Å². The molecule has 1 aliphatic heterocycles. The quantitative estimate of drug-likeness (QED) is 0.474. The average molecular weight is 541 g/mol. The maximum atomic E-state index is 14.8. The molecule has 3 heterocycles. The zero-order valence-electron chi connectivity index (χ0n) is 20.2. The van der Waals surface area contributed by atoms with Crippen LogP contribution in [0.25, 0.3) is 16.7 Å². The van der Waals surface area contributed by atoms with E-state index < -0.39 is 64.2 Å². The molecule has 1 fully saturated rings. The first-order valence-corrected chi connectivity index (χ1v) is 11.2. The molecule has 2 aromatic heterocycles. The molecule has 3 amide bonds. The van der Waals surface area contributed by atoms with Crippen molar-refractivity contribution in [2.24, 2.45) is 0 Å². The molecule has 0 aliphatic carbocycles. The van der Waals surface area contributed by atoms with E-state index in [0.717, 1.165) is 13.8 Å². The van der Waals surface area contributed by atoms with Crippen LogP contribution in [0.4, 0.5) is 37.0 Å². The highest BCUT2D eigenvalue weighted by Gasteiger charge is 2.38. The summed E-state index contributed by atoms with van der Waals surface area (Å²) < 4.78 is 82.8. The Morgan fingerprint density at radius 2 is 1.76 bits per heavy atom. The number of nitrogens with zero attached hydrogens (tertiary/aromatic N) is 3. The van der Waals surface area contributed by atoms with Crippen molar-refractivity contribution in [3.8, 4) is 5.69 Å². The minimum absolute atomic E-state index is 0.0129. The van der Waals surface area contributed by atoms with E-state index in [9.17, 15) is 40.7 Å². The van der Waals surface area contributed by atoms with Gasteiger partial charge in [-0.3, -0.25) is 19.1 Å². The molecule has 0 unspecified atom stereocenters. The van der Waals surface area contributed by atoms with Crippen LogP contribution in [0.3, 0.4) is 0 Å². The second-order valence-electron chi connectivity index (χ2n) is 9.59. The summed E-state index contributed by atoms with van der Waals surface area (Å²) in [5, 5.41) is 4.43. The predicted molar refractivity (Wildman–Crippen MR) is 125 cm³/mol. The van der Waals surface area contributed by atoms with Crippen LogP contribution in [0.2, 0.25) is 0 Å². The summed E-state index contributed by atoms with van der Waals surface area (Å²) in [6.07, 6.45) is -5.34. The van der Waals surface area contributed by atoms with Gasteiger partial charge in [0.25, 0.3) is 5.91 Å². The van der Waals surface area contributed by atoms with Crippen molar-refractivity contribution in [2.45, 2.75) is 44.9 Å². The molecule has 0 saturated carbocycles. The third kappa shape index (κ3) is 5.29. The molecule has 1 aromatic carbocycles. The average Bonchev–Trinajstić information content (AvgIpc) is 3.10. The largest absolute Gasteiger partial charge is 0.391 e. The number of hydrogen-bond acceptors (Lipinski definition) is 4. The number of anilines is 1. The number of fused-ring (bicyclic) bond motifs is 1. The maximum Gasteiger partial charge on any atom is 0.391 e. The lowest BCUT2D eigenvalue weighted by atomic mass is 9.99. The van der Waals surface area contributed by atoms with Crippen LogP contribution >= 0.6 is 0 Å². The molecule has 14 heteroatoms. The van der Waals surface area contributed by atoms with Gasteiger partial charge in [-0.2, -0.15) is 13.2 Å². The molecular formula is C24H21F6N5O3. The van der Waals surface area contributed by atoms with Crippen LogP contribution in [-0.4, -0.2) is 45.8 Å². The number of urea groups is 1. The third-order valence-corrected chi connectivity index (χ3v) is 5.75. The fourth-order valence-corrected chi connectivity index (χ4v) is 4.25. The minimum Gasteiger partial charge on any atom is -0.347 e. The first-order chi connectivity index (χ1) is 17.6. The highest BCUT2D eigenvalue weighted by Crippen LogP contribution is 2.28.